The number of aryl methyl sites for hydroxylation is 1. The van der Waals surface area contributed by atoms with Crippen molar-refractivity contribution in [2.75, 3.05) is 10.6 Å². The molecule has 1 atom stereocenters. The number of rotatable bonds is 6. The standard InChI is InChI=1S/C33H23Cl2F3N6O2/c1-44-18-39-17-28(44)32(46,20-8-11-23(34)12-9-20)21-10-13-27-26(16-21)29(19-4-2-6-24(35)14-19)42-30(41-27)43-31(45)40-25-7-3-5-22(15-25)33(36,37)38/h2-18,46H,1H3,(H2,40,41,42,43,45). The number of imidazole rings is 1. The van der Waals surface area contributed by atoms with Gasteiger partial charge in [-0.05, 0) is 65.7 Å². The minimum Gasteiger partial charge on any atom is -0.374 e. The quantitative estimate of drug-likeness (QED) is 0.166. The molecule has 0 saturated heterocycles. The minimum absolute atomic E-state index is 0.0653. The average molecular weight is 663 g/mol. The van der Waals surface area contributed by atoms with Gasteiger partial charge in [0.1, 0.15) is 0 Å². The van der Waals surface area contributed by atoms with Crippen LogP contribution in [-0.4, -0.2) is 30.7 Å². The summed E-state index contributed by atoms with van der Waals surface area (Å²) in [6.07, 6.45) is -1.42. The number of amides is 2. The normalized spacial score (nSPS) is 12.9. The highest BCUT2D eigenvalue weighted by molar-refractivity contribution is 6.31. The number of carbonyl (C=O) groups is 1. The summed E-state index contributed by atoms with van der Waals surface area (Å²) >= 11 is 12.5. The molecule has 1 unspecified atom stereocenters. The molecule has 4 aromatic carbocycles. The van der Waals surface area contributed by atoms with Gasteiger partial charge in [0.2, 0.25) is 5.95 Å². The molecule has 13 heteroatoms. The fourth-order valence-corrected chi connectivity index (χ4v) is 5.48. The zero-order valence-electron chi connectivity index (χ0n) is 23.8. The molecule has 0 aliphatic heterocycles. The Kier molecular flexibility index (Phi) is 8.15. The summed E-state index contributed by atoms with van der Waals surface area (Å²) in [4.78, 5) is 26.2. The number of benzene rings is 4. The molecule has 0 bridgehead atoms. The zero-order valence-corrected chi connectivity index (χ0v) is 25.4. The first kappa shape index (κ1) is 31.0. The fourth-order valence-electron chi connectivity index (χ4n) is 5.16. The maximum Gasteiger partial charge on any atom is 0.416 e. The Bertz CT molecular complexity index is 2090. The lowest BCUT2D eigenvalue weighted by molar-refractivity contribution is -0.137. The van der Waals surface area contributed by atoms with Gasteiger partial charge >= 0.3 is 12.2 Å². The molecular weight excluding hydrogens is 640 g/mol. The molecule has 0 aliphatic rings. The second kappa shape index (κ2) is 12.1. The van der Waals surface area contributed by atoms with E-state index in [-0.39, 0.29) is 11.6 Å². The number of carbonyl (C=O) groups excluding carboxylic acids is 1. The molecule has 0 aliphatic carbocycles. The third-order valence-electron chi connectivity index (χ3n) is 7.33. The molecule has 6 aromatic rings. The van der Waals surface area contributed by atoms with Crippen LogP contribution >= 0.6 is 23.2 Å². The number of anilines is 2. The Morgan fingerprint density at radius 3 is 2.26 bits per heavy atom. The van der Waals surface area contributed by atoms with Crippen molar-refractivity contribution in [1.29, 1.82) is 0 Å². The molecule has 232 valence electrons. The van der Waals surface area contributed by atoms with Crippen molar-refractivity contribution < 1.29 is 23.1 Å². The zero-order chi connectivity index (χ0) is 32.6. The van der Waals surface area contributed by atoms with Crippen molar-refractivity contribution >= 4 is 51.8 Å². The van der Waals surface area contributed by atoms with Crippen LogP contribution in [0.5, 0.6) is 0 Å². The minimum atomic E-state index is -4.57. The van der Waals surface area contributed by atoms with Crippen molar-refractivity contribution in [3.63, 3.8) is 0 Å². The second-order valence-corrected chi connectivity index (χ2v) is 11.3. The smallest absolute Gasteiger partial charge is 0.374 e. The van der Waals surface area contributed by atoms with Crippen molar-refractivity contribution in [3.8, 4) is 11.3 Å². The summed E-state index contributed by atoms with van der Waals surface area (Å²) < 4.78 is 41.2. The van der Waals surface area contributed by atoms with Crippen LogP contribution in [0.25, 0.3) is 22.2 Å². The van der Waals surface area contributed by atoms with E-state index in [0.29, 0.717) is 49.0 Å². The molecule has 0 fully saturated rings. The van der Waals surface area contributed by atoms with Gasteiger partial charge in [-0.1, -0.05) is 59.6 Å². The summed E-state index contributed by atoms with van der Waals surface area (Å²) in [6.45, 7) is 0. The largest absolute Gasteiger partial charge is 0.416 e. The first-order valence-electron chi connectivity index (χ1n) is 13.7. The number of aliphatic hydroxyl groups is 1. The van der Waals surface area contributed by atoms with Crippen LogP contribution in [-0.2, 0) is 18.8 Å². The number of alkyl halides is 3. The van der Waals surface area contributed by atoms with Crippen LogP contribution in [0.2, 0.25) is 10.0 Å². The van der Waals surface area contributed by atoms with Gasteiger partial charge in [-0.25, -0.2) is 19.7 Å². The van der Waals surface area contributed by atoms with E-state index in [9.17, 15) is 23.1 Å². The van der Waals surface area contributed by atoms with Crippen LogP contribution < -0.4 is 10.6 Å². The van der Waals surface area contributed by atoms with Gasteiger partial charge in [-0.15, -0.1) is 0 Å². The lowest BCUT2D eigenvalue weighted by Crippen LogP contribution is -2.31. The summed E-state index contributed by atoms with van der Waals surface area (Å²) in [6, 6.07) is 22.3. The fraction of sp³-hybridized carbons (Fsp3) is 0.0909. The van der Waals surface area contributed by atoms with Gasteiger partial charge in [0, 0.05) is 33.7 Å². The molecule has 0 spiro atoms. The highest BCUT2D eigenvalue weighted by Gasteiger charge is 2.37. The number of halogens is 5. The molecule has 0 saturated carbocycles. The number of hydrogen-bond acceptors (Lipinski definition) is 5. The van der Waals surface area contributed by atoms with E-state index in [1.807, 2.05) is 0 Å². The summed E-state index contributed by atoms with van der Waals surface area (Å²) in [7, 11) is 1.77. The Hall–Kier alpha value is -4.97. The molecule has 6 rings (SSSR count). The predicted octanol–water partition coefficient (Wildman–Crippen LogP) is 8.28. The summed E-state index contributed by atoms with van der Waals surface area (Å²) in [5.41, 5.74) is 0.240. The monoisotopic (exact) mass is 662 g/mol. The first-order valence-corrected chi connectivity index (χ1v) is 14.5. The maximum atomic E-state index is 13.2. The summed E-state index contributed by atoms with van der Waals surface area (Å²) in [5.74, 6) is -0.112. The van der Waals surface area contributed by atoms with Crippen molar-refractivity contribution in [2.45, 2.75) is 11.8 Å². The third-order valence-corrected chi connectivity index (χ3v) is 7.82. The van der Waals surface area contributed by atoms with Gasteiger partial charge in [-0.2, -0.15) is 13.2 Å². The van der Waals surface area contributed by atoms with Crippen LogP contribution in [0, 0.1) is 0 Å². The highest BCUT2D eigenvalue weighted by atomic mass is 35.5. The molecule has 2 aromatic heterocycles. The SMILES string of the molecule is Cn1cncc1C(O)(c1ccc(Cl)cc1)c1ccc2nc(NC(=O)Nc3cccc(C(F)(F)F)c3)nc(-c3cccc(Cl)c3)c2c1. The van der Waals surface area contributed by atoms with Gasteiger partial charge < -0.3 is 15.0 Å². The van der Waals surface area contributed by atoms with E-state index in [1.165, 1.54) is 12.1 Å². The highest BCUT2D eigenvalue weighted by Crippen LogP contribution is 2.40. The van der Waals surface area contributed by atoms with E-state index < -0.39 is 23.4 Å². The second-order valence-electron chi connectivity index (χ2n) is 10.4. The number of aromatic nitrogens is 4. The van der Waals surface area contributed by atoms with Crippen molar-refractivity contribution in [1.82, 2.24) is 19.5 Å². The van der Waals surface area contributed by atoms with Crippen LogP contribution in [0.15, 0.2) is 104 Å². The van der Waals surface area contributed by atoms with Crippen LogP contribution in [0.4, 0.5) is 29.6 Å². The van der Waals surface area contributed by atoms with E-state index >= 15 is 0 Å². The molecule has 2 amide bonds. The van der Waals surface area contributed by atoms with Gasteiger partial charge in [-0.3, -0.25) is 5.32 Å². The lowest BCUT2D eigenvalue weighted by Gasteiger charge is -2.30. The van der Waals surface area contributed by atoms with E-state index in [2.05, 4.69) is 25.6 Å². The Balaban J connectivity index is 1.45. The van der Waals surface area contributed by atoms with Gasteiger partial charge in [0.25, 0.3) is 0 Å². The van der Waals surface area contributed by atoms with Crippen molar-refractivity contribution in [3.05, 3.63) is 136 Å². The molecule has 3 N–H and O–H groups in total. The number of fused-ring (bicyclic) bond motifs is 1. The van der Waals surface area contributed by atoms with E-state index in [1.54, 1.807) is 90.9 Å². The first-order chi connectivity index (χ1) is 21.9. The van der Waals surface area contributed by atoms with E-state index in [0.717, 1.165) is 12.1 Å². The number of urea groups is 1. The molecular formula is C33H23Cl2F3N6O2. The van der Waals surface area contributed by atoms with Gasteiger partial charge in [0.15, 0.2) is 5.60 Å². The maximum absolute atomic E-state index is 13.2. The Morgan fingerprint density at radius 1 is 0.826 bits per heavy atom. The Labute approximate surface area is 270 Å². The van der Waals surface area contributed by atoms with Crippen molar-refractivity contribution in [2.24, 2.45) is 7.05 Å². The number of hydrogen-bond donors (Lipinski definition) is 3. The summed E-state index contributed by atoms with van der Waals surface area (Å²) in [5, 5.41) is 18.8. The molecule has 0 radical (unpaired) electrons. The molecule has 46 heavy (non-hydrogen) atoms. The van der Waals surface area contributed by atoms with E-state index in [4.69, 9.17) is 23.2 Å². The Morgan fingerprint density at radius 2 is 1.57 bits per heavy atom. The van der Waals surface area contributed by atoms with Gasteiger partial charge in [0.05, 0.1) is 35.0 Å². The predicted molar refractivity (Wildman–Crippen MR) is 171 cm³/mol. The van der Waals surface area contributed by atoms with Crippen LogP contribution in [0.3, 0.4) is 0 Å². The van der Waals surface area contributed by atoms with Crippen LogP contribution in [0.1, 0.15) is 22.4 Å². The topological polar surface area (TPSA) is 105 Å². The number of nitrogens with one attached hydrogen (secondary N) is 2. The molecule has 8 nitrogen and oxygen atoms in total. The lowest BCUT2D eigenvalue weighted by atomic mass is 9.83. The average Bonchev–Trinajstić information content (AvgIpc) is 3.46. The number of nitrogens with zero attached hydrogens (tertiary/aromatic N) is 4. The molecule has 2 heterocycles. The third kappa shape index (κ3) is 6.12.